The SMILES string of the molecule is COP(=O)(O)O[C@H](COC(=O)NCCCCCCCCO[C@@H]1O[C@H](CO)[C@H](O)[C@H](O)[C@H]1NC(C)=O)CC(C)C. The number of alkyl carbamates (subject to hydrolysis) is 1. The number of unbranched alkanes of at least 4 members (excludes halogenated alkanes) is 5. The van der Waals surface area contributed by atoms with Crippen molar-refractivity contribution in [3.63, 3.8) is 0 Å². The summed E-state index contributed by atoms with van der Waals surface area (Å²) in [7, 11) is -3.12. The molecule has 0 saturated carbocycles. The summed E-state index contributed by atoms with van der Waals surface area (Å²) in [4.78, 5) is 32.9. The van der Waals surface area contributed by atoms with Crippen molar-refractivity contribution in [3.8, 4) is 0 Å². The summed E-state index contributed by atoms with van der Waals surface area (Å²) < 4.78 is 37.4. The minimum Gasteiger partial charge on any atom is -0.447 e. The number of amides is 2. The molecule has 230 valence electrons. The molecule has 1 fully saturated rings. The Bertz CT molecular complexity index is 759. The molecule has 6 N–H and O–H groups in total. The van der Waals surface area contributed by atoms with Gasteiger partial charge in [-0.1, -0.05) is 39.5 Å². The van der Waals surface area contributed by atoms with Crippen molar-refractivity contribution >= 4 is 19.8 Å². The van der Waals surface area contributed by atoms with Crippen LogP contribution in [0.3, 0.4) is 0 Å². The van der Waals surface area contributed by atoms with E-state index >= 15 is 0 Å². The molecule has 0 aromatic heterocycles. The first kappa shape index (κ1) is 35.7. The van der Waals surface area contributed by atoms with Crippen LogP contribution < -0.4 is 10.6 Å². The average molecular weight is 587 g/mol. The van der Waals surface area contributed by atoms with E-state index in [1.807, 2.05) is 13.8 Å². The summed E-state index contributed by atoms with van der Waals surface area (Å²) in [6, 6.07) is -0.949. The highest BCUT2D eigenvalue weighted by Gasteiger charge is 2.45. The Morgan fingerprint density at radius 1 is 1.05 bits per heavy atom. The van der Waals surface area contributed by atoms with Crippen molar-refractivity contribution in [2.24, 2.45) is 5.92 Å². The molecule has 2 amide bonds. The molecular weight excluding hydrogens is 539 g/mol. The average Bonchev–Trinajstić information content (AvgIpc) is 2.86. The third-order valence-electron chi connectivity index (χ3n) is 6.02. The molecule has 0 aromatic carbocycles. The standard InChI is InChI=1S/C24H47N2O12P/c1-16(2)13-18(38-39(32,33)34-4)15-36-24(31)25-11-9-7-5-6-8-10-12-35-23-20(26-17(3)28)22(30)21(29)19(14-27)37-23/h16,18-23,27,29-30H,5-15H2,1-4H3,(H,25,31)(H,26,28)(H,32,33)/t18-,19+,20+,21-,22+,23+/m0/s1. The van der Waals surface area contributed by atoms with Crippen molar-refractivity contribution in [2.45, 2.75) is 102 Å². The fraction of sp³-hybridized carbons (Fsp3) is 0.917. The van der Waals surface area contributed by atoms with Gasteiger partial charge in [-0.15, -0.1) is 0 Å². The number of rotatable bonds is 19. The van der Waals surface area contributed by atoms with Crippen molar-refractivity contribution in [2.75, 3.05) is 33.5 Å². The number of aliphatic hydroxyl groups excluding tert-OH is 3. The van der Waals surface area contributed by atoms with Gasteiger partial charge < -0.3 is 45.1 Å². The summed E-state index contributed by atoms with van der Waals surface area (Å²) in [5, 5.41) is 34.8. The molecular formula is C24H47N2O12P. The van der Waals surface area contributed by atoms with E-state index in [0.29, 0.717) is 26.0 Å². The van der Waals surface area contributed by atoms with E-state index < -0.39 is 63.2 Å². The van der Waals surface area contributed by atoms with Gasteiger partial charge >= 0.3 is 13.9 Å². The van der Waals surface area contributed by atoms with E-state index in [9.17, 15) is 34.4 Å². The van der Waals surface area contributed by atoms with Crippen LogP contribution in [0.2, 0.25) is 0 Å². The lowest BCUT2D eigenvalue weighted by Crippen LogP contribution is -2.64. The van der Waals surface area contributed by atoms with Gasteiger partial charge in [0.15, 0.2) is 6.29 Å². The monoisotopic (exact) mass is 586 g/mol. The number of phosphoric acid groups is 1. The van der Waals surface area contributed by atoms with Gasteiger partial charge in [0.1, 0.15) is 37.1 Å². The molecule has 0 radical (unpaired) electrons. The number of ether oxygens (including phenoxy) is 3. The number of carbonyl (C=O) groups is 2. The minimum absolute atomic E-state index is 0.159. The highest BCUT2D eigenvalue weighted by Crippen LogP contribution is 2.44. The number of carbonyl (C=O) groups excluding carboxylic acids is 2. The fourth-order valence-corrected chi connectivity index (χ4v) is 4.67. The second-order valence-electron chi connectivity index (χ2n) is 9.96. The van der Waals surface area contributed by atoms with E-state index in [4.69, 9.17) is 18.7 Å². The molecule has 0 aromatic rings. The van der Waals surface area contributed by atoms with Gasteiger partial charge in [-0.05, 0) is 25.2 Å². The topological polar surface area (TPSA) is 202 Å². The molecule has 1 rings (SSSR count). The van der Waals surface area contributed by atoms with Crippen LogP contribution in [0, 0.1) is 5.92 Å². The van der Waals surface area contributed by atoms with E-state index in [2.05, 4.69) is 15.2 Å². The molecule has 1 saturated heterocycles. The zero-order valence-electron chi connectivity index (χ0n) is 23.3. The Balaban J connectivity index is 2.19. The van der Waals surface area contributed by atoms with Gasteiger partial charge in [-0.3, -0.25) is 13.8 Å². The van der Waals surface area contributed by atoms with Gasteiger partial charge in [0.05, 0.1) is 6.61 Å². The molecule has 0 aliphatic carbocycles. The van der Waals surface area contributed by atoms with Gasteiger partial charge in [0.25, 0.3) is 0 Å². The van der Waals surface area contributed by atoms with Crippen LogP contribution in [0.4, 0.5) is 4.79 Å². The molecule has 0 spiro atoms. The summed E-state index contributed by atoms with van der Waals surface area (Å²) >= 11 is 0. The number of hydrogen-bond acceptors (Lipinski definition) is 11. The fourth-order valence-electron chi connectivity index (χ4n) is 4.06. The molecule has 1 heterocycles. The maximum absolute atomic E-state index is 11.9. The van der Waals surface area contributed by atoms with Crippen molar-refractivity contribution in [1.82, 2.24) is 10.6 Å². The van der Waals surface area contributed by atoms with Crippen LogP contribution in [0.25, 0.3) is 0 Å². The molecule has 7 atom stereocenters. The summed E-state index contributed by atoms with van der Waals surface area (Å²) in [5.74, 6) is -0.245. The Morgan fingerprint density at radius 3 is 2.28 bits per heavy atom. The summed E-state index contributed by atoms with van der Waals surface area (Å²) in [5.41, 5.74) is 0. The van der Waals surface area contributed by atoms with Crippen molar-refractivity contribution in [3.05, 3.63) is 0 Å². The molecule has 39 heavy (non-hydrogen) atoms. The first-order chi connectivity index (χ1) is 18.4. The lowest BCUT2D eigenvalue weighted by Gasteiger charge is -2.42. The van der Waals surface area contributed by atoms with Crippen molar-refractivity contribution in [1.29, 1.82) is 0 Å². The predicted octanol–water partition coefficient (Wildman–Crippen LogP) is 1.19. The quantitative estimate of drug-likeness (QED) is 0.0934. The molecule has 0 bridgehead atoms. The van der Waals surface area contributed by atoms with Crippen LogP contribution in [-0.2, 0) is 32.6 Å². The maximum atomic E-state index is 11.9. The van der Waals surface area contributed by atoms with E-state index in [0.717, 1.165) is 39.2 Å². The zero-order chi connectivity index (χ0) is 29.4. The summed E-state index contributed by atoms with van der Waals surface area (Å²) in [6.45, 7) is 5.19. The highest BCUT2D eigenvalue weighted by molar-refractivity contribution is 7.47. The second-order valence-corrected chi connectivity index (χ2v) is 11.5. The second kappa shape index (κ2) is 18.9. The first-order valence-corrected chi connectivity index (χ1v) is 14.9. The van der Waals surface area contributed by atoms with E-state index in [-0.39, 0.29) is 12.5 Å². The lowest BCUT2D eigenvalue weighted by molar-refractivity contribution is -0.270. The third kappa shape index (κ3) is 14.7. The molecule has 1 unspecified atom stereocenters. The van der Waals surface area contributed by atoms with Crippen LogP contribution >= 0.6 is 7.82 Å². The minimum atomic E-state index is -4.18. The third-order valence-corrected chi connectivity index (χ3v) is 7.05. The normalized spacial score (nSPS) is 25.6. The van der Waals surface area contributed by atoms with E-state index in [1.54, 1.807) is 0 Å². The van der Waals surface area contributed by atoms with E-state index in [1.165, 1.54) is 6.92 Å². The molecule has 1 aliphatic heterocycles. The first-order valence-electron chi connectivity index (χ1n) is 13.4. The molecule has 14 nitrogen and oxygen atoms in total. The van der Waals surface area contributed by atoms with Gasteiger partial charge in [0, 0.05) is 27.2 Å². The van der Waals surface area contributed by atoms with Gasteiger partial charge in [-0.25, -0.2) is 9.36 Å². The Morgan fingerprint density at radius 2 is 1.69 bits per heavy atom. The van der Waals surface area contributed by atoms with Crippen LogP contribution in [0.15, 0.2) is 0 Å². The molecule has 1 aliphatic rings. The number of phosphoric ester groups is 1. The summed E-state index contributed by atoms with van der Waals surface area (Å²) in [6.07, 6.45) is -0.544. The van der Waals surface area contributed by atoms with Gasteiger partial charge in [0.2, 0.25) is 5.91 Å². The van der Waals surface area contributed by atoms with Gasteiger partial charge in [-0.2, -0.15) is 0 Å². The number of nitrogens with one attached hydrogen (secondary N) is 2. The Kier molecular flexibility index (Phi) is 17.3. The Hall–Kier alpha value is -1.35. The van der Waals surface area contributed by atoms with Crippen LogP contribution in [-0.4, -0.2) is 102 Å². The lowest BCUT2D eigenvalue weighted by atomic mass is 9.97. The zero-order valence-corrected chi connectivity index (χ0v) is 24.2. The molecule has 15 heteroatoms. The number of aliphatic hydroxyl groups is 3. The number of hydrogen-bond donors (Lipinski definition) is 6. The predicted molar refractivity (Wildman–Crippen MR) is 140 cm³/mol. The maximum Gasteiger partial charge on any atom is 0.472 e. The highest BCUT2D eigenvalue weighted by atomic mass is 31.2. The largest absolute Gasteiger partial charge is 0.472 e. The Labute approximate surface area is 230 Å². The van der Waals surface area contributed by atoms with Crippen LogP contribution in [0.1, 0.15) is 65.7 Å². The van der Waals surface area contributed by atoms with Crippen LogP contribution in [0.5, 0.6) is 0 Å². The smallest absolute Gasteiger partial charge is 0.447 e. The van der Waals surface area contributed by atoms with Crippen molar-refractivity contribution < 1.29 is 57.6 Å².